The molecule has 3 heterocycles. The highest BCUT2D eigenvalue weighted by Gasteiger charge is 2.59. The van der Waals surface area contributed by atoms with E-state index in [0.717, 1.165) is 49.2 Å². The lowest BCUT2D eigenvalue weighted by atomic mass is 9.91. The smallest absolute Gasteiger partial charge is 0.251 e. The monoisotopic (exact) mass is 305 g/mol. The number of hydrogen-bond acceptors (Lipinski definition) is 2. The molecule has 3 nitrogen and oxygen atoms in total. The Balaban J connectivity index is 1.43. The standard InChI is InChI=1S/C17H21F2N3/c1-11-13(16-15(21-11)3-2-6-20-16)10-22-7-4-12(5-8-22)14-9-17(14,18)19/h2-3,6,12,14,21H,4-5,7-10H2,1H3. The third-order valence-corrected chi connectivity index (χ3v) is 5.33. The van der Waals surface area contributed by atoms with Crippen LogP contribution in [0.15, 0.2) is 18.3 Å². The van der Waals surface area contributed by atoms with Crippen molar-refractivity contribution in [1.82, 2.24) is 14.9 Å². The van der Waals surface area contributed by atoms with Gasteiger partial charge in [0.05, 0.1) is 11.0 Å². The van der Waals surface area contributed by atoms with Gasteiger partial charge in [-0.3, -0.25) is 9.88 Å². The molecule has 0 amide bonds. The second kappa shape index (κ2) is 5.01. The quantitative estimate of drug-likeness (QED) is 0.937. The SMILES string of the molecule is Cc1[nH]c2cccnc2c1CN1CCC(C2CC2(F)F)CC1. The van der Waals surface area contributed by atoms with Gasteiger partial charge in [0.1, 0.15) is 0 Å². The van der Waals surface area contributed by atoms with E-state index in [2.05, 4.69) is 21.8 Å². The van der Waals surface area contributed by atoms with Crippen LogP contribution in [0.1, 0.15) is 30.5 Å². The number of halogens is 2. The highest BCUT2D eigenvalue weighted by Crippen LogP contribution is 2.55. The van der Waals surface area contributed by atoms with Crippen molar-refractivity contribution in [1.29, 1.82) is 0 Å². The molecule has 4 rings (SSSR count). The van der Waals surface area contributed by atoms with E-state index in [-0.39, 0.29) is 18.3 Å². The van der Waals surface area contributed by atoms with Gasteiger partial charge < -0.3 is 4.98 Å². The minimum Gasteiger partial charge on any atom is -0.357 e. The van der Waals surface area contributed by atoms with E-state index in [1.54, 1.807) is 0 Å². The summed E-state index contributed by atoms with van der Waals surface area (Å²) in [6, 6.07) is 3.98. The second-order valence-electron chi connectivity index (χ2n) is 6.81. The van der Waals surface area contributed by atoms with Crippen LogP contribution in [0.4, 0.5) is 8.78 Å². The third-order valence-electron chi connectivity index (χ3n) is 5.33. The predicted octanol–water partition coefficient (Wildman–Crippen LogP) is 3.74. The number of hydrogen-bond donors (Lipinski definition) is 1. The number of alkyl halides is 2. The first-order chi connectivity index (χ1) is 10.5. The van der Waals surface area contributed by atoms with E-state index >= 15 is 0 Å². The van der Waals surface area contributed by atoms with Crippen LogP contribution >= 0.6 is 0 Å². The van der Waals surface area contributed by atoms with Gasteiger partial charge in [-0.05, 0) is 50.9 Å². The van der Waals surface area contributed by atoms with Crippen molar-refractivity contribution >= 4 is 11.0 Å². The molecular formula is C17H21F2N3. The largest absolute Gasteiger partial charge is 0.357 e. The molecule has 0 aromatic carbocycles. The summed E-state index contributed by atoms with van der Waals surface area (Å²) < 4.78 is 26.4. The van der Waals surface area contributed by atoms with Crippen molar-refractivity contribution in [3.05, 3.63) is 29.6 Å². The lowest BCUT2D eigenvalue weighted by molar-refractivity contribution is 0.0673. The second-order valence-corrected chi connectivity index (χ2v) is 6.81. The number of H-pyrrole nitrogens is 1. The van der Waals surface area contributed by atoms with Crippen LogP contribution in [0.5, 0.6) is 0 Å². The van der Waals surface area contributed by atoms with E-state index in [1.165, 1.54) is 5.56 Å². The number of likely N-dealkylation sites (tertiary alicyclic amines) is 1. The lowest BCUT2D eigenvalue weighted by Crippen LogP contribution is -2.34. The van der Waals surface area contributed by atoms with Crippen LogP contribution in [-0.2, 0) is 6.54 Å². The van der Waals surface area contributed by atoms with Crippen molar-refractivity contribution in [2.45, 2.75) is 38.7 Å². The number of pyridine rings is 1. The molecule has 1 aliphatic heterocycles. The van der Waals surface area contributed by atoms with Crippen molar-refractivity contribution in [2.75, 3.05) is 13.1 Å². The number of aromatic amines is 1. The maximum atomic E-state index is 13.2. The van der Waals surface area contributed by atoms with Crippen LogP contribution in [0.2, 0.25) is 0 Å². The van der Waals surface area contributed by atoms with Gasteiger partial charge in [-0.25, -0.2) is 8.78 Å². The van der Waals surface area contributed by atoms with E-state index in [9.17, 15) is 8.78 Å². The molecule has 0 bridgehead atoms. The zero-order valence-electron chi connectivity index (χ0n) is 12.8. The van der Waals surface area contributed by atoms with Crippen molar-refractivity contribution in [3.8, 4) is 0 Å². The maximum absolute atomic E-state index is 13.2. The van der Waals surface area contributed by atoms with E-state index in [1.807, 2.05) is 18.3 Å². The summed E-state index contributed by atoms with van der Waals surface area (Å²) >= 11 is 0. The normalized spacial score (nSPS) is 25.7. The van der Waals surface area contributed by atoms with Gasteiger partial charge in [-0.2, -0.15) is 0 Å². The van der Waals surface area contributed by atoms with Gasteiger partial charge in [0.15, 0.2) is 0 Å². The first kappa shape index (κ1) is 14.1. The van der Waals surface area contributed by atoms with E-state index in [0.29, 0.717) is 0 Å². The summed E-state index contributed by atoms with van der Waals surface area (Å²) in [6.07, 6.45) is 3.73. The maximum Gasteiger partial charge on any atom is 0.251 e. The number of aromatic nitrogens is 2. The molecule has 1 aliphatic carbocycles. The molecule has 0 radical (unpaired) electrons. The summed E-state index contributed by atoms with van der Waals surface area (Å²) in [5.41, 5.74) is 4.51. The fourth-order valence-electron chi connectivity index (χ4n) is 3.88. The van der Waals surface area contributed by atoms with Gasteiger partial charge in [-0.1, -0.05) is 0 Å². The first-order valence-corrected chi connectivity index (χ1v) is 8.07. The van der Waals surface area contributed by atoms with Crippen molar-refractivity contribution in [3.63, 3.8) is 0 Å². The molecule has 2 aromatic rings. The van der Waals surface area contributed by atoms with Crippen LogP contribution in [0.3, 0.4) is 0 Å². The molecule has 0 spiro atoms. The fourth-order valence-corrected chi connectivity index (χ4v) is 3.88. The van der Waals surface area contributed by atoms with Crippen LogP contribution in [0, 0.1) is 18.8 Å². The van der Waals surface area contributed by atoms with Gasteiger partial charge in [0.25, 0.3) is 5.92 Å². The number of aryl methyl sites for hydroxylation is 1. The molecule has 1 saturated carbocycles. The molecular weight excluding hydrogens is 284 g/mol. The van der Waals surface area contributed by atoms with Gasteiger partial charge in [-0.15, -0.1) is 0 Å². The molecule has 2 fully saturated rings. The minimum atomic E-state index is -2.37. The van der Waals surface area contributed by atoms with Gasteiger partial charge in [0.2, 0.25) is 0 Å². The summed E-state index contributed by atoms with van der Waals surface area (Å²) in [6.45, 7) is 4.76. The predicted molar refractivity (Wildman–Crippen MR) is 81.9 cm³/mol. The summed E-state index contributed by atoms with van der Waals surface area (Å²) in [5.74, 6) is -2.50. The molecule has 1 saturated heterocycles. The fraction of sp³-hybridized carbons (Fsp3) is 0.588. The molecule has 118 valence electrons. The number of nitrogens with zero attached hydrogens (tertiary/aromatic N) is 2. The van der Waals surface area contributed by atoms with E-state index in [4.69, 9.17) is 0 Å². The molecule has 1 atom stereocenters. The van der Waals surface area contributed by atoms with Gasteiger partial charge in [0, 0.05) is 36.3 Å². The molecule has 22 heavy (non-hydrogen) atoms. The Kier molecular flexibility index (Phi) is 3.22. The first-order valence-electron chi connectivity index (χ1n) is 8.07. The average Bonchev–Trinajstić information content (AvgIpc) is 3.03. The zero-order valence-corrected chi connectivity index (χ0v) is 12.8. The Morgan fingerprint density at radius 3 is 2.77 bits per heavy atom. The Bertz CT molecular complexity index is 686. The van der Waals surface area contributed by atoms with Crippen LogP contribution in [-0.4, -0.2) is 33.9 Å². The van der Waals surface area contributed by atoms with Crippen molar-refractivity contribution < 1.29 is 8.78 Å². The van der Waals surface area contributed by atoms with Crippen LogP contribution in [0.25, 0.3) is 11.0 Å². The van der Waals surface area contributed by atoms with Crippen molar-refractivity contribution in [2.24, 2.45) is 11.8 Å². The van der Waals surface area contributed by atoms with Crippen LogP contribution < -0.4 is 0 Å². The molecule has 2 aromatic heterocycles. The Morgan fingerprint density at radius 1 is 1.36 bits per heavy atom. The number of nitrogens with one attached hydrogen (secondary N) is 1. The average molecular weight is 305 g/mol. The van der Waals surface area contributed by atoms with E-state index < -0.39 is 5.92 Å². The zero-order chi connectivity index (χ0) is 15.3. The topological polar surface area (TPSA) is 31.9 Å². The minimum absolute atomic E-state index is 0.114. The lowest BCUT2D eigenvalue weighted by Gasteiger charge is -2.32. The highest BCUT2D eigenvalue weighted by atomic mass is 19.3. The number of fused-ring (bicyclic) bond motifs is 1. The Hall–Kier alpha value is -1.49. The summed E-state index contributed by atoms with van der Waals surface area (Å²) in [4.78, 5) is 10.2. The molecule has 1 unspecified atom stereocenters. The molecule has 5 heteroatoms. The number of rotatable bonds is 3. The number of piperidine rings is 1. The Labute approximate surface area is 128 Å². The highest BCUT2D eigenvalue weighted by molar-refractivity contribution is 5.80. The third kappa shape index (κ3) is 2.41. The summed E-state index contributed by atoms with van der Waals surface area (Å²) in [5, 5.41) is 0. The molecule has 2 aliphatic rings. The Morgan fingerprint density at radius 2 is 2.09 bits per heavy atom. The molecule has 1 N–H and O–H groups in total. The summed E-state index contributed by atoms with van der Waals surface area (Å²) in [7, 11) is 0. The van der Waals surface area contributed by atoms with Gasteiger partial charge >= 0.3 is 0 Å².